The molecule has 0 radical (unpaired) electrons. The van der Waals surface area contributed by atoms with E-state index in [1.807, 2.05) is 66.7 Å². The Bertz CT molecular complexity index is 736. The Hall–Kier alpha value is -3.00. The molecule has 0 bridgehead atoms. The van der Waals surface area contributed by atoms with Crippen LogP contribution < -0.4 is 0 Å². The van der Waals surface area contributed by atoms with E-state index in [4.69, 9.17) is 0 Å². The highest BCUT2D eigenvalue weighted by atomic mass is 16.1. The van der Waals surface area contributed by atoms with Crippen LogP contribution in [0.25, 0.3) is 0 Å². The number of carbonyl (C=O) groups excluding carboxylic acids is 2. The van der Waals surface area contributed by atoms with Crippen LogP contribution in [0.4, 0.5) is 0 Å². The molecule has 3 aromatic rings. The largest absolute Gasteiger partial charge is 0.298 e. The maximum Gasteiger partial charge on any atom is 0.150 e. The van der Waals surface area contributed by atoms with Gasteiger partial charge in [0.05, 0.1) is 0 Å². The molecule has 3 aromatic carbocycles. The van der Waals surface area contributed by atoms with Crippen molar-refractivity contribution in [2.24, 2.45) is 0 Å². The molecule has 0 N–H and O–H groups in total. The van der Waals surface area contributed by atoms with Crippen LogP contribution in [0, 0.1) is 0 Å². The van der Waals surface area contributed by atoms with E-state index >= 15 is 0 Å². The molecule has 2 nitrogen and oxygen atoms in total. The van der Waals surface area contributed by atoms with E-state index in [1.54, 1.807) is 0 Å². The van der Waals surface area contributed by atoms with Gasteiger partial charge in [-0.3, -0.25) is 9.59 Å². The van der Waals surface area contributed by atoms with Gasteiger partial charge >= 0.3 is 0 Å². The average molecular weight is 300 g/mol. The van der Waals surface area contributed by atoms with Crippen LogP contribution in [-0.2, 0) is 0 Å². The van der Waals surface area contributed by atoms with Crippen molar-refractivity contribution in [2.45, 2.75) is 5.92 Å². The quantitative estimate of drug-likeness (QED) is 0.514. The summed E-state index contributed by atoms with van der Waals surface area (Å²) >= 11 is 0. The van der Waals surface area contributed by atoms with Gasteiger partial charge in [0, 0.05) is 17.0 Å². The minimum atomic E-state index is 0.0672. The van der Waals surface area contributed by atoms with Crippen LogP contribution in [0.1, 0.15) is 43.3 Å². The summed E-state index contributed by atoms with van der Waals surface area (Å²) in [4.78, 5) is 21.7. The summed E-state index contributed by atoms with van der Waals surface area (Å²) in [5.74, 6) is 0.0672. The van der Waals surface area contributed by atoms with Crippen molar-refractivity contribution >= 4 is 12.6 Å². The Kier molecular flexibility index (Phi) is 4.44. The molecule has 3 rings (SSSR count). The predicted octanol–water partition coefficient (Wildman–Crippen LogP) is 4.49. The van der Waals surface area contributed by atoms with E-state index in [2.05, 4.69) is 12.1 Å². The summed E-state index contributed by atoms with van der Waals surface area (Å²) in [6.07, 6.45) is 1.69. The van der Waals surface area contributed by atoms with Gasteiger partial charge in [0.2, 0.25) is 0 Å². The first-order valence-corrected chi connectivity index (χ1v) is 7.47. The molecular formula is C21H16O2. The Morgan fingerprint density at radius 1 is 0.522 bits per heavy atom. The molecule has 2 heteroatoms. The molecule has 0 atom stereocenters. The fourth-order valence-corrected chi connectivity index (χ4v) is 2.76. The van der Waals surface area contributed by atoms with E-state index in [0.29, 0.717) is 11.1 Å². The third-order valence-electron chi connectivity index (χ3n) is 3.94. The average Bonchev–Trinajstić information content (AvgIpc) is 2.64. The maximum absolute atomic E-state index is 10.9. The number of carbonyl (C=O) groups is 2. The van der Waals surface area contributed by atoms with Crippen molar-refractivity contribution in [1.29, 1.82) is 0 Å². The fraction of sp³-hybridized carbons (Fsp3) is 0.0476. The molecule has 0 saturated carbocycles. The van der Waals surface area contributed by atoms with Gasteiger partial charge in [0.15, 0.2) is 0 Å². The molecule has 0 aliphatic rings. The Labute approximate surface area is 135 Å². The van der Waals surface area contributed by atoms with E-state index < -0.39 is 0 Å². The summed E-state index contributed by atoms with van der Waals surface area (Å²) in [6, 6.07) is 25.5. The summed E-state index contributed by atoms with van der Waals surface area (Å²) < 4.78 is 0. The molecule has 0 saturated heterocycles. The first kappa shape index (κ1) is 14.9. The molecule has 0 aliphatic heterocycles. The number of aldehydes is 2. The second-order valence-corrected chi connectivity index (χ2v) is 5.41. The monoisotopic (exact) mass is 300 g/mol. The Balaban J connectivity index is 2.08. The highest BCUT2D eigenvalue weighted by Gasteiger charge is 2.16. The zero-order chi connectivity index (χ0) is 16.1. The molecule has 0 aromatic heterocycles. The van der Waals surface area contributed by atoms with E-state index in [0.717, 1.165) is 23.7 Å². The number of rotatable bonds is 5. The topological polar surface area (TPSA) is 34.1 Å². The third kappa shape index (κ3) is 3.27. The first-order valence-electron chi connectivity index (χ1n) is 7.47. The highest BCUT2D eigenvalue weighted by Crippen LogP contribution is 2.32. The standard InChI is InChI=1S/C21H16O2/c22-14-16-6-10-19(11-7-16)21(18-4-2-1-3-5-18)20-12-8-17(15-23)9-13-20/h1-15,21H. The van der Waals surface area contributed by atoms with Crippen LogP contribution in [0.3, 0.4) is 0 Å². The van der Waals surface area contributed by atoms with Gasteiger partial charge in [-0.05, 0) is 16.7 Å². The maximum atomic E-state index is 10.9. The van der Waals surface area contributed by atoms with Crippen molar-refractivity contribution < 1.29 is 9.59 Å². The van der Waals surface area contributed by atoms with E-state index in [-0.39, 0.29) is 5.92 Å². The second kappa shape index (κ2) is 6.84. The summed E-state index contributed by atoms with van der Waals surface area (Å²) in [5, 5.41) is 0. The Morgan fingerprint density at radius 3 is 1.30 bits per heavy atom. The van der Waals surface area contributed by atoms with Crippen LogP contribution in [0.2, 0.25) is 0 Å². The van der Waals surface area contributed by atoms with Crippen molar-refractivity contribution in [2.75, 3.05) is 0 Å². The fourth-order valence-electron chi connectivity index (χ4n) is 2.76. The molecular weight excluding hydrogens is 284 g/mol. The van der Waals surface area contributed by atoms with E-state index in [9.17, 15) is 9.59 Å². The van der Waals surface area contributed by atoms with Gasteiger partial charge in [-0.1, -0.05) is 78.9 Å². The van der Waals surface area contributed by atoms with Crippen LogP contribution in [-0.4, -0.2) is 12.6 Å². The molecule has 0 amide bonds. The SMILES string of the molecule is O=Cc1ccc(C(c2ccccc2)c2ccc(C=O)cc2)cc1. The highest BCUT2D eigenvalue weighted by molar-refractivity contribution is 5.75. The van der Waals surface area contributed by atoms with Crippen LogP contribution >= 0.6 is 0 Å². The van der Waals surface area contributed by atoms with Gasteiger partial charge in [-0.2, -0.15) is 0 Å². The molecule has 0 aliphatic carbocycles. The number of hydrogen-bond acceptors (Lipinski definition) is 2. The molecule has 0 spiro atoms. The van der Waals surface area contributed by atoms with Crippen LogP contribution in [0.5, 0.6) is 0 Å². The summed E-state index contributed by atoms with van der Waals surface area (Å²) in [6.45, 7) is 0. The molecule has 0 heterocycles. The third-order valence-corrected chi connectivity index (χ3v) is 3.94. The van der Waals surface area contributed by atoms with Gasteiger partial charge < -0.3 is 0 Å². The number of benzene rings is 3. The molecule has 112 valence electrons. The second-order valence-electron chi connectivity index (χ2n) is 5.41. The normalized spacial score (nSPS) is 10.5. The molecule has 23 heavy (non-hydrogen) atoms. The van der Waals surface area contributed by atoms with Crippen LogP contribution in [0.15, 0.2) is 78.9 Å². The van der Waals surface area contributed by atoms with Crippen molar-refractivity contribution in [3.05, 3.63) is 107 Å². The molecule has 0 fully saturated rings. The Morgan fingerprint density at radius 2 is 0.913 bits per heavy atom. The first-order chi connectivity index (χ1) is 11.3. The zero-order valence-electron chi connectivity index (χ0n) is 12.6. The van der Waals surface area contributed by atoms with Gasteiger partial charge in [-0.15, -0.1) is 0 Å². The predicted molar refractivity (Wildman–Crippen MR) is 91.0 cm³/mol. The molecule has 0 unspecified atom stereocenters. The van der Waals surface area contributed by atoms with Crippen molar-refractivity contribution in [3.63, 3.8) is 0 Å². The van der Waals surface area contributed by atoms with Crippen molar-refractivity contribution in [3.8, 4) is 0 Å². The minimum absolute atomic E-state index is 0.0672. The van der Waals surface area contributed by atoms with Crippen molar-refractivity contribution in [1.82, 2.24) is 0 Å². The lowest BCUT2D eigenvalue weighted by atomic mass is 9.84. The lowest BCUT2D eigenvalue weighted by Gasteiger charge is -2.19. The number of hydrogen-bond donors (Lipinski definition) is 0. The van der Waals surface area contributed by atoms with Gasteiger partial charge in [-0.25, -0.2) is 0 Å². The van der Waals surface area contributed by atoms with Gasteiger partial charge in [0.1, 0.15) is 12.6 Å². The smallest absolute Gasteiger partial charge is 0.150 e. The van der Waals surface area contributed by atoms with Gasteiger partial charge in [0.25, 0.3) is 0 Å². The summed E-state index contributed by atoms with van der Waals surface area (Å²) in [7, 11) is 0. The summed E-state index contributed by atoms with van der Waals surface area (Å²) in [5.41, 5.74) is 4.72. The minimum Gasteiger partial charge on any atom is -0.298 e. The van der Waals surface area contributed by atoms with E-state index in [1.165, 1.54) is 5.56 Å². The lowest BCUT2D eigenvalue weighted by molar-refractivity contribution is 0.111. The zero-order valence-corrected chi connectivity index (χ0v) is 12.6. The lowest BCUT2D eigenvalue weighted by Crippen LogP contribution is -2.03.